The summed E-state index contributed by atoms with van der Waals surface area (Å²) in [4.78, 5) is 11.4. The summed E-state index contributed by atoms with van der Waals surface area (Å²) in [7, 11) is 0. The summed E-state index contributed by atoms with van der Waals surface area (Å²) in [5.41, 5.74) is 5.48. The van der Waals surface area contributed by atoms with Gasteiger partial charge >= 0.3 is 0 Å². The van der Waals surface area contributed by atoms with Crippen LogP contribution in [0.1, 0.15) is 35.7 Å². The molecule has 26 heavy (non-hydrogen) atoms. The van der Waals surface area contributed by atoms with Gasteiger partial charge in [-0.15, -0.1) is 0 Å². The van der Waals surface area contributed by atoms with E-state index < -0.39 is 0 Å². The van der Waals surface area contributed by atoms with E-state index in [4.69, 9.17) is 0 Å². The fraction of sp³-hybridized carbons (Fsp3) is 0.174. The standard InChI is InChI=1S/C23H22FNO/c1-2-3-4-17-5-7-18(8-6-17)19-9-10-20(16-26)23(15-19)25-22-13-11-21(24)12-14-22/h5-16,25H,2-4H2,1H3. The van der Waals surface area contributed by atoms with Crippen LogP contribution < -0.4 is 5.32 Å². The molecule has 3 rings (SSSR count). The number of aryl methyl sites for hydroxylation is 1. The van der Waals surface area contributed by atoms with Gasteiger partial charge in [0.05, 0.1) is 0 Å². The molecule has 0 unspecified atom stereocenters. The summed E-state index contributed by atoms with van der Waals surface area (Å²) in [6, 6.07) is 20.3. The minimum atomic E-state index is -0.289. The molecule has 0 aliphatic heterocycles. The van der Waals surface area contributed by atoms with E-state index in [1.165, 1.54) is 30.5 Å². The third kappa shape index (κ3) is 4.37. The molecule has 0 radical (unpaired) electrons. The van der Waals surface area contributed by atoms with Gasteiger partial charge in [-0.2, -0.15) is 0 Å². The van der Waals surface area contributed by atoms with Crippen LogP contribution in [0.2, 0.25) is 0 Å². The predicted molar refractivity (Wildman–Crippen MR) is 106 cm³/mol. The molecule has 3 aromatic carbocycles. The molecule has 2 nitrogen and oxygen atoms in total. The third-order valence-corrected chi connectivity index (χ3v) is 4.41. The summed E-state index contributed by atoms with van der Waals surface area (Å²) in [6.07, 6.45) is 4.30. The van der Waals surface area contributed by atoms with Crippen molar-refractivity contribution in [2.45, 2.75) is 26.2 Å². The Hall–Kier alpha value is -2.94. The number of carbonyl (C=O) groups excluding carboxylic acids is 1. The van der Waals surface area contributed by atoms with E-state index in [9.17, 15) is 9.18 Å². The number of anilines is 2. The van der Waals surface area contributed by atoms with Crippen molar-refractivity contribution in [2.24, 2.45) is 0 Å². The number of hydrogen-bond donors (Lipinski definition) is 1. The number of rotatable bonds is 7. The van der Waals surface area contributed by atoms with Crippen LogP contribution in [0.15, 0.2) is 66.7 Å². The lowest BCUT2D eigenvalue weighted by atomic mass is 10.00. The second kappa shape index (κ2) is 8.43. The van der Waals surface area contributed by atoms with Crippen molar-refractivity contribution in [3.8, 4) is 11.1 Å². The fourth-order valence-corrected chi connectivity index (χ4v) is 2.88. The monoisotopic (exact) mass is 347 g/mol. The minimum absolute atomic E-state index is 0.289. The van der Waals surface area contributed by atoms with E-state index in [0.717, 1.165) is 29.5 Å². The molecule has 0 aromatic heterocycles. The largest absolute Gasteiger partial charge is 0.355 e. The maximum atomic E-state index is 13.1. The molecule has 0 saturated carbocycles. The topological polar surface area (TPSA) is 29.1 Å². The Morgan fingerprint density at radius 2 is 1.62 bits per heavy atom. The van der Waals surface area contributed by atoms with Gasteiger partial charge in [-0.3, -0.25) is 4.79 Å². The molecule has 0 spiro atoms. The molecule has 0 amide bonds. The number of nitrogens with one attached hydrogen (secondary N) is 1. The van der Waals surface area contributed by atoms with Crippen LogP contribution in [-0.4, -0.2) is 6.29 Å². The van der Waals surface area contributed by atoms with Crippen molar-refractivity contribution in [1.82, 2.24) is 0 Å². The van der Waals surface area contributed by atoms with Crippen LogP contribution in [0, 0.1) is 5.82 Å². The number of aldehydes is 1. The molecule has 0 heterocycles. The zero-order valence-corrected chi connectivity index (χ0v) is 14.8. The highest BCUT2D eigenvalue weighted by Gasteiger charge is 2.06. The van der Waals surface area contributed by atoms with E-state index in [2.05, 4.69) is 36.5 Å². The van der Waals surface area contributed by atoms with E-state index >= 15 is 0 Å². The Kier molecular flexibility index (Phi) is 5.80. The van der Waals surface area contributed by atoms with Crippen LogP contribution in [0.25, 0.3) is 11.1 Å². The molecule has 0 bridgehead atoms. The second-order valence-electron chi connectivity index (χ2n) is 6.35. The van der Waals surface area contributed by atoms with E-state index in [1.807, 2.05) is 12.1 Å². The summed E-state index contributed by atoms with van der Waals surface area (Å²) in [5, 5.41) is 3.20. The minimum Gasteiger partial charge on any atom is -0.355 e. The quantitative estimate of drug-likeness (QED) is 0.502. The van der Waals surface area contributed by atoms with Crippen molar-refractivity contribution in [3.63, 3.8) is 0 Å². The van der Waals surface area contributed by atoms with Crippen molar-refractivity contribution in [1.29, 1.82) is 0 Å². The molecule has 0 aliphatic rings. The molecule has 3 aromatic rings. The van der Waals surface area contributed by atoms with E-state index in [1.54, 1.807) is 18.2 Å². The lowest BCUT2D eigenvalue weighted by molar-refractivity contribution is 0.112. The highest BCUT2D eigenvalue weighted by Crippen LogP contribution is 2.28. The molecular weight excluding hydrogens is 325 g/mol. The molecule has 0 saturated heterocycles. The van der Waals surface area contributed by atoms with Gasteiger partial charge in [-0.25, -0.2) is 4.39 Å². The zero-order valence-electron chi connectivity index (χ0n) is 14.8. The Morgan fingerprint density at radius 1 is 0.923 bits per heavy atom. The van der Waals surface area contributed by atoms with Crippen LogP contribution in [0.5, 0.6) is 0 Å². The highest BCUT2D eigenvalue weighted by molar-refractivity contribution is 5.88. The van der Waals surface area contributed by atoms with E-state index in [0.29, 0.717) is 11.3 Å². The van der Waals surface area contributed by atoms with Gasteiger partial charge in [-0.05, 0) is 65.9 Å². The van der Waals surface area contributed by atoms with Crippen LogP contribution in [0.4, 0.5) is 15.8 Å². The number of benzene rings is 3. The SMILES string of the molecule is CCCCc1ccc(-c2ccc(C=O)c(Nc3ccc(F)cc3)c2)cc1. The van der Waals surface area contributed by atoms with Crippen LogP contribution in [0.3, 0.4) is 0 Å². The lowest BCUT2D eigenvalue weighted by Crippen LogP contribution is -1.96. The first-order chi connectivity index (χ1) is 12.7. The highest BCUT2D eigenvalue weighted by atomic mass is 19.1. The van der Waals surface area contributed by atoms with Gasteiger partial charge in [0.15, 0.2) is 6.29 Å². The molecule has 0 fully saturated rings. The van der Waals surface area contributed by atoms with Gasteiger partial charge in [0, 0.05) is 16.9 Å². The first-order valence-corrected chi connectivity index (χ1v) is 8.90. The van der Waals surface area contributed by atoms with Gasteiger partial charge in [-0.1, -0.05) is 43.7 Å². The summed E-state index contributed by atoms with van der Waals surface area (Å²) in [5.74, 6) is -0.289. The number of halogens is 1. The Labute approximate surface area is 153 Å². The van der Waals surface area contributed by atoms with Gasteiger partial charge in [0.25, 0.3) is 0 Å². The van der Waals surface area contributed by atoms with E-state index in [-0.39, 0.29) is 5.82 Å². The maximum absolute atomic E-state index is 13.1. The van der Waals surface area contributed by atoms with Gasteiger partial charge in [0.1, 0.15) is 5.82 Å². The average Bonchev–Trinajstić information content (AvgIpc) is 2.68. The summed E-state index contributed by atoms with van der Waals surface area (Å²) >= 11 is 0. The number of hydrogen-bond acceptors (Lipinski definition) is 2. The second-order valence-corrected chi connectivity index (χ2v) is 6.35. The lowest BCUT2D eigenvalue weighted by Gasteiger charge is -2.12. The average molecular weight is 347 g/mol. The van der Waals surface area contributed by atoms with Gasteiger partial charge < -0.3 is 5.32 Å². The summed E-state index contributed by atoms with van der Waals surface area (Å²) in [6.45, 7) is 2.19. The zero-order chi connectivity index (χ0) is 18.4. The van der Waals surface area contributed by atoms with Crippen molar-refractivity contribution < 1.29 is 9.18 Å². The van der Waals surface area contributed by atoms with Crippen LogP contribution in [-0.2, 0) is 6.42 Å². The Bertz CT molecular complexity index is 870. The normalized spacial score (nSPS) is 10.5. The van der Waals surface area contributed by atoms with Crippen molar-refractivity contribution in [3.05, 3.63) is 83.7 Å². The summed E-state index contributed by atoms with van der Waals surface area (Å²) < 4.78 is 13.1. The van der Waals surface area contributed by atoms with Gasteiger partial charge in [0.2, 0.25) is 0 Å². The molecule has 132 valence electrons. The van der Waals surface area contributed by atoms with Crippen molar-refractivity contribution >= 4 is 17.7 Å². The molecule has 3 heteroatoms. The first kappa shape index (κ1) is 17.9. The maximum Gasteiger partial charge on any atom is 0.152 e. The number of unbranched alkanes of at least 4 members (excludes halogenated alkanes) is 1. The molecule has 0 aliphatic carbocycles. The number of carbonyl (C=O) groups is 1. The fourth-order valence-electron chi connectivity index (χ4n) is 2.88. The Balaban J connectivity index is 1.86. The smallest absolute Gasteiger partial charge is 0.152 e. The molecule has 1 N–H and O–H groups in total. The predicted octanol–water partition coefficient (Wildman–Crippen LogP) is 6.39. The van der Waals surface area contributed by atoms with Crippen molar-refractivity contribution in [2.75, 3.05) is 5.32 Å². The Morgan fingerprint density at radius 3 is 2.27 bits per heavy atom. The molecule has 0 atom stereocenters. The van der Waals surface area contributed by atoms with Crippen LogP contribution >= 0.6 is 0 Å². The molecular formula is C23H22FNO. The third-order valence-electron chi connectivity index (χ3n) is 4.41. The first-order valence-electron chi connectivity index (χ1n) is 8.90.